The molecule has 3 aromatic rings. The number of benzene rings is 2. The van der Waals surface area contributed by atoms with E-state index in [1.165, 1.54) is 6.07 Å². The summed E-state index contributed by atoms with van der Waals surface area (Å²) in [6.45, 7) is 6.01. The Morgan fingerprint density at radius 2 is 1.81 bits per heavy atom. The Morgan fingerprint density at radius 1 is 1.15 bits per heavy atom. The van der Waals surface area contributed by atoms with Crippen LogP contribution in [0.25, 0.3) is 16.7 Å². The van der Waals surface area contributed by atoms with Crippen molar-refractivity contribution in [2.75, 3.05) is 5.32 Å². The SMILES string of the molecule is CCc1nc2cc(C(F)(F)F)c(Cl)cc2n1-c1ccc(NC(C)C)cc1. The average Bonchev–Trinajstić information content (AvgIpc) is 2.91. The molecule has 0 aliphatic heterocycles. The van der Waals surface area contributed by atoms with E-state index in [0.29, 0.717) is 23.8 Å². The monoisotopic (exact) mass is 381 g/mol. The molecule has 0 fully saturated rings. The first-order valence-electron chi connectivity index (χ1n) is 8.35. The maximum absolute atomic E-state index is 13.1. The molecule has 2 aromatic carbocycles. The van der Waals surface area contributed by atoms with Gasteiger partial charge in [-0.1, -0.05) is 18.5 Å². The van der Waals surface area contributed by atoms with Crippen LogP contribution in [-0.4, -0.2) is 15.6 Å². The first-order chi connectivity index (χ1) is 12.2. The Hall–Kier alpha value is -2.21. The number of hydrogen-bond acceptors (Lipinski definition) is 2. The second-order valence-corrected chi connectivity index (χ2v) is 6.79. The number of nitrogens with one attached hydrogen (secondary N) is 1. The van der Waals surface area contributed by atoms with Gasteiger partial charge in [0.25, 0.3) is 0 Å². The molecular weight excluding hydrogens is 363 g/mol. The van der Waals surface area contributed by atoms with Gasteiger partial charge < -0.3 is 5.32 Å². The minimum Gasteiger partial charge on any atom is -0.383 e. The maximum Gasteiger partial charge on any atom is 0.417 e. The highest BCUT2D eigenvalue weighted by molar-refractivity contribution is 6.32. The molecule has 0 spiro atoms. The molecule has 0 atom stereocenters. The van der Waals surface area contributed by atoms with Crippen molar-refractivity contribution in [1.29, 1.82) is 0 Å². The van der Waals surface area contributed by atoms with Crippen molar-refractivity contribution < 1.29 is 13.2 Å². The molecule has 138 valence electrons. The lowest BCUT2D eigenvalue weighted by molar-refractivity contribution is -0.137. The molecule has 0 bridgehead atoms. The van der Waals surface area contributed by atoms with Crippen molar-refractivity contribution >= 4 is 28.3 Å². The number of halogens is 4. The fraction of sp³-hybridized carbons (Fsp3) is 0.316. The number of rotatable bonds is 4. The standard InChI is InChI=1S/C19H19ClF3N3/c1-4-18-25-16-9-14(19(21,22)23)15(20)10-17(16)26(18)13-7-5-12(6-8-13)24-11(2)3/h5-11,24H,4H2,1-3H3. The molecule has 0 saturated carbocycles. The van der Waals surface area contributed by atoms with Crippen molar-refractivity contribution in [2.24, 2.45) is 0 Å². The van der Waals surface area contributed by atoms with Crippen LogP contribution in [0.1, 0.15) is 32.2 Å². The second kappa shape index (κ2) is 6.83. The van der Waals surface area contributed by atoms with Gasteiger partial charge in [-0.2, -0.15) is 13.2 Å². The third kappa shape index (κ3) is 3.51. The zero-order chi connectivity index (χ0) is 19.1. The summed E-state index contributed by atoms with van der Waals surface area (Å²) in [5.74, 6) is 0.681. The molecular formula is C19H19ClF3N3. The Balaban J connectivity index is 2.14. The van der Waals surface area contributed by atoms with Crippen LogP contribution in [0.4, 0.5) is 18.9 Å². The van der Waals surface area contributed by atoms with Crippen molar-refractivity contribution in [3.8, 4) is 5.69 Å². The molecule has 0 unspecified atom stereocenters. The number of hydrogen-bond donors (Lipinski definition) is 1. The molecule has 1 heterocycles. The van der Waals surface area contributed by atoms with Gasteiger partial charge in [0.1, 0.15) is 5.82 Å². The molecule has 0 saturated heterocycles. The number of imidazole rings is 1. The van der Waals surface area contributed by atoms with Crippen LogP contribution in [0.3, 0.4) is 0 Å². The fourth-order valence-electron chi connectivity index (χ4n) is 2.93. The number of aryl methyl sites for hydroxylation is 1. The molecule has 0 amide bonds. The molecule has 1 N–H and O–H groups in total. The Morgan fingerprint density at radius 3 is 2.35 bits per heavy atom. The molecule has 1 aromatic heterocycles. The Labute approximate surface area is 154 Å². The van der Waals surface area contributed by atoms with E-state index < -0.39 is 11.7 Å². The zero-order valence-electron chi connectivity index (χ0n) is 14.7. The third-order valence-corrected chi connectivity index (χ3v) is 4.33. The lowest BCUT2D eigenvalue weighted by Gasteiger charge is -2.13. The summed E-state index contributed by atoms with van der Waals surface area (Å²) in [4.78, 5) is 4.38. The van der Waals surface area contributed by atoms with E-state index in [2.05, 4.69) is 10.3 Å². The third-order valence-electron chi connectivity index (χ3n) is 4.02. The lowest BCUT2D eigenvalue weighted by atomic mass is 10.2. The van der Waals surface area contributed by atoms with Gasteiger partial charge in [0.2, 0.25) is 0 Å². The average molecular weight is 382 g/mol. The van der Waals surface area contributed by atoms with Gasteiger partial charge in [-0.3, -0.25) is 4.57 Å². The van der Waals surface area contributed by atoms with E-state index in [1.807, 2.05) is 49.6 Å². The summed E-state index contributed by atoms with van der Waals surface area (Å²) in [5.41, 5.74) is 1.78. The highest BCUT2D eigenvalue weighted by atomic mass is 35.5. The van der Waals surface area contributed by atoms with Crippen molar-refractivity contribution in [3.05, 3.63) is 52.8 Å². The summed E-state index contributed by atoms with van der Waals surface area (Å²) in [6.07, 6.45) is -3.93. The van der Waals surface area contributed by atoms with Crippen LogP contribution >= 0.6 is 11.6 Å². The molecule has 3 nitrogen and oxygen atoms in total. The molecule has 3 rings (SSSR count). The number of fused-ring (bicyclic) bond motifs is 1. The summed E-state index contributed by atoms with van der Waals surface area (Å²) < 4.78 is 41.2. The van der Waals surface area contributed by atoms with E-state index in [0.717, 1.165) is 17.4 Å². The Kier molecular flexibility index (Phi) is 4.88. The van der Waals surface area contributed by atoms with Crippen LogP contribution in [0.15, 0.2) is 36.4 Å². The smallest absolute Gasteiger partial charge is 0.383 e. The van der Waals surface area contributed by atoms with Crippen LogP contribution in [0, 0.1) is 0 Å². The van der Waals surface area contributed by atoms with Crippen LogP contribution < -0.4 is 5.32 Å². The number of aromatic nitrogens is 2. The normalized spacial score (nSPS) is 12.2. The van der Waals surface area contributed by atoms with E-state index in [9.17, 15) is 13.2 Å². The topological polar surface area (TPSA) is 29.9 Å². The summed E-state index contributed by atoms with van der Waals surface area (Å²) >= 11 is 5.91. The number of anilines is 1. The molecule has 7 heteroatoms. The van der Waals surface area contributed by atoms with Crippen molar-refractivity contribution in [2.45, 2.75) is 39.4 Å². The summed E-state index contributed by atoms with van der Waals surface area (Å²) in [6, 6.07) is 10.4. The fourth-order valence-corrected chi connectivity index (χ4v) is 3.20. The molecule has 26 heavy (non-hydrogen) atoms. The maximum atomic E-state index is 13.1. The predicted molar refractivity (Wildman–Crippen MR) is 99.2 cm³/mol. The van der Waals surface area contributed by atoms with Gasteiger partial charge in [-0.25, -0.2) is 4.98 Å². The van der Waals surface area contributed by atoms with Gasteiger partial charge >= 0.3 is 6.18 Å². The minimum absolute atomic E-state index is 0.281. The van der Waals surface area contributed by atoms with Gasteiger partial charge in [-0.05, 0) is 50.2 Å². The van der Waals surface area contributed by atoms with Gasteiger partial charge in [0.15, 0.2) is 0 Å². The predicted octanol–water partition coefficient (Wildman–Crippen LogP) is 6.08. The van der Waals surface area contributed by atoms with Crippen molar-refractivity contribution in [1.82, 2.24) is 9.55 Å². The summed E-state index contributed by atoms with van der Waals surface area (Å²) in [7, 11) is 0. The molecule has 0 aliphatic carbocycles. The Bertz CT molecular complexity index is 928. The van der Waals surface area contributed by atoms with Crippen LogP contribution in [0.5, 0.6) is 0 Å². The van der Waals surface area contributed by atoms with Crippen molar-refractivity contribution in [3.63, 3.8) is 0 Å². The highest BCUT2D eigenvalue weighted by Gasteiger charge is 2.34. The molecule has 0 radical (unpaired) electrons. The zero-order valence-corrected chi connectivity index (χ0v) is 15.4. The number of nitrogens with zero attached hydrogens (tertiary/aromatic N) is 2. The summed E-state index contributed by atoms with van der Waals surface area (Å²) in [5, 5.41) is 2.98. The van der Waals surface area contributed by atoms with Crippen LogP contribution in [-0.2, 0) is 12.6 Å². The second-order valence-electron chi connectivity index (χ2n) is 6.38. The van der Waals surface area contributed by atoms with Crippen LogP contribution in [0.2, 0.25) is 5.02 Å². The minimum atomic E-state index is -4.51. The van der Waals surface area contributed by atoms with E-state index >= 15 is 0 Å². The number of alkyl halides is 3. The lowest BCUT2D eigenvalue weighted by Crippen LogP contribution is -2.09. The van der Waals surface area contributed by atoms with Gasteiger partial charge in [0, 0.05) is 23.8 Å². The first-order valence-corrected chi connectivity index (χ1v) is 8.73. The molecule has 0 aliphatic rings. The van der Waals surface area contributed by atoms with E-state index in [4.69, 9.17) is 11.6 Å². The van der Waals surface area contributed by atoms with E-state index in [-0.39, 0.29) is 10.5 Å². The van der Waals surface area contributed by atoms with Gasteiger partial charge in [0.05, 0.1) is 21.6 Å². The highest BCUT2D eigenvalue weighted by Crippen LogP contribution is 2.37. The quantitative estimate of drug-likeness (QED) is 0.593. The van der Waals surface area contributed by atoms with Gasteiger partial charge in [-0.15, -0.1) is 0 Å². The van der Waals surface area contributed by atoms with E-state index in [1.54, 1.807) is 0 Å². The first kappa shape index (κ1) is 18.6. The largest absolute Gasteiger partial charge is 0.417 e.